The lowest BCUT2D eigenvalue weighted by Crippen LogP contribution is -2.31. The van der Waals surface area contributed by atoms with E-state index in [2.05, 4.69) is 10.1 Å². The molecule has 1 aromatic heterocycles. The monoisotopic (exact) mass is 321 g/mol. The average molecular weight is 321 g/mol. The third kappa shape index (κ3) is 3.37. The van der Waals surface area contributed by atoms with Crippen LogP contribution in [0.2, 0.25) is 0 Å². The highest BCUT2D eigenvalue weighted by Crippen LogP contribution is 2.23. The fourth-order valence-electron chi connectivity index (χ4n) is 3.06. The van der Waals surface area contributed by atoms with Crippen LogP contribution in [-0.2, 0) is 6.54 Å². The Morgan fingerprint density at radius 2 is 1.96 bits per heavy atom. The van der Waals surface area contributed by atoms with Crippen molar-refractivity contribution in [2.24, 2.45) is 0 Å². The molecule has 0 aliphatic carbocycles. The third-order valence-electron chi connectivity index (χ3n) is 4.42. The lowest BCUT2D eigenvalue weighted by molar-refractivity contribution is 0.282. The van der Waals surface area contributed by atoms with Gasteiger partial charge in [-0.3, -0.25) is 4.90 Å². The summed E-state index contributed by atoms with van der Waals surface area (Å²) in [6, 6.07) is 4.35. The molecule has 1 aliphatic heterocycles. The average Bonchev–Trinajstić information content (AvgIpc) is 2.74. The molecule has 2 aromatic rings. The molecule has 3 rings (SSSR count). The van der Waals surface area contributed by atoms with Crippen molar-refractivity contribution in [3.05, 3.63) is 46.9 Å². The highest BCUT2D eigenvalue weighted by molar-refractivity contribution is 5.48. The van der Waals surface area contributed by atoms with Gasteiger partial charge in [0, 0.05) is 38.3 Å². The molecule has 23 heavy (non-hydrogen) atoms. The van der Waals surface area contributed by atoms with Gasteiger partial charge in [-0.25, -0.2) is 8.78 Å². The Morgan fingerprint density at radius 3 is 2.70 bits per heavy atom. The number of aryl methyl sites for hydroxylation is 2. The first-order valence-electron chi connectivity index (χ1n) is 7.89. The van der Waals surface area contributed by atoms with Gasteiger partial charge in [-0.2, -0.15) is 0 Å². The Morgan fingerprint density at radius 1 is 1.13 bits per heavy atom. The fraction of sp³-hybridized carbons (Fsp3) is 0.471. The molecule has 1 fully saturated rings. The largest absolute Gasteiger partial charge is 0.368 e. The zero-order chi connectivity index (χ0) is 16.4. The van der Waals surface area contributed by atoms with Crippen molar-refractivity contribution in [1.82, 2.24) is 10.1 Å². The molecule has 0 N–H and O–H groups in total. The molecule has 1 saturated heterocycles. The molecule has 124 valence electrons. The molecule has 4 nitrogen and oxygen atoms in total. The smallest absolute Gasteiger partial charge is 0.182 e. The first-order chi connectivity index (χ1) is 11.1. The summed E-state index contributed by atoms with van der Waals surface area (Å²) >= 11 is 0. The van der Waals surface area contributed by atoms with E-state index in [1.165, 1.54) is 0 Å². The van der Waals surface area contributed by atoms with Gasteiger partial charge in [0.1, 0.15) is 5.76 Å². The van der Waals surface area contributed by atoms with Crippen LogP contribution < -0.4 is 4.90 Å². The zero-order valence-electron chi connectivity index (χ0n) is 13.5. The molecule has 6 heteroatoms. The summed E-state index contributed by atoms with van der Waals surface area (Å²) in [4.78, 5) is 4.23. The third-order valence-corrected chi connectivity index (χ3v) is 4.42. The van der Waals surface area contributed by atoms with Gasteiger partial charge in [0.25, 0.3) is 0 Å². The molecule has 0 spiro atoms. The van der Waals surface area contributed by atoms with Gasteiger partial charge in [-0.1, -0.05) is 11.2 Å². The fourth-order valence-corrected chi connectivity index (χ4v) is 3.06. The Kier molecular flexibility index (Phi) is 4.61. The van der Waals surface area contributed by atoms with E-state index in [4.69, 9.17) is 4.52 Å². The molecular weight excluding hydrogens is 300 g/mol. The second-order valence-electron chi connectivity index (χ2n) is 5.99. The van der Waals surface area contributed by atoms with Gasteiger partial charge in [0.2, 0.25) is 0 Å². The van der Waals surface area contributed by atoms with Gasteiger partial charge in [0.05, 0.1) is 11.4 Å². The molecule has 1 aromatic carbocycles. The van der Waals surface area contributed by atoms with Crippen LogP contribution in [0.1, 0.15) is 23.4 Å². The number of hydrogen-bond acceptors (Lipinski definition) is 4. The standard InChI is InChI=1S/C17H21F2N3O/c1-12-14(13(2)23-20-12)11-21-7-4-8-22(10-9-21)16-6-3-5-15(18)17(16)19/h3,5-6H,4,7-11H2,1-2H3. The van der Waals surface area contributed by atoms with E-state index in [1.807, 2.05) is 18.7 Å². The van der Waals surface area contributed by atoms with E-state index < -0.39 is 11.6 Å². The number of anilines is 1. The number of rotatable bonds is 3. The van der Waals surface area contributed by atoms with Crippen molar-refractivity contribution >= 4 is 5.69 Å². The molecule has 0 amide bonds. The van der Waals surface area contributed by atoms with Gasteiger partial charge < -0.3 is 9.42 Å². The van der Waals surface area contributed by atoms with Crippen LogP contribution in [0.3, 0.4) is 0 Å². The quantitative estimate of drug-likeness (QED) is 0.868. The first kappa shape index (κ1) is 15.9. The van der Waals surface area contributed by atoms with E-state index in [-0.39, 0.29) is 0 Å². The summed E-state index contributed by atoms with van der Waals surface area (Å²) in [6.07, 6.45) is 0.902. The normalized spacial score (nSPS) is 16.6. The number of hydrogen-bond donors (Lipinski definition) is 0. The summed E-state index contributed by atoms with van der Waals surface area (Å²) in [5.41, 5.74) is 2.39. The summed E-state index contributed by atoms with van der Waals surface area (Å²) in [5.74, 6) is -0.703. The predicted molar refractivity (Wildman–Crippen MR) is 84.4 cm³/mol. The number of benzene rings is 1. The van der Waals surface area contributed by atoms with Crippen LogP contribution in [0.4, 0.5) is 14.5 Å². The van der Waals surface area contributed by atoms with Crippen LogP contribution in [0.25, 0.3) is 0 Å². The van der Waals surface area contributed by atoms with Crippen molar-refractivity contribution in [2.75, 3.05) is 31.1 Å². The molecule has 0 radical (unpaired) electrons. The second-order valence-corrected chi connectivity index (χ2v) is 5.99. The van der Waals surface area contributed by atoms with Gasteiger partial charge in [-0.05, 0) is 32.4 Å². The maximum atomic E-state index is 14.0. The van der Waals surface area contributed by atoms with E-state index in [0.29, 0.717) is 12.2 Å². The minimum atomic E-state index is -0.792. The molecule has 0 unspecified atom stereocenters. The van der Waals surface area contributed by atoms with Crippen molar-refractivity contribution in [3.8, 4) is 0 Å². The first-order valence-corrected chi connectivity index (χ1v) is 7.89. The van der Waals surface area contributed by atoms with Crippen LogP contribution >= 0.6 is 0 Å². The summed E-state index contributed by atoms with van der Waals surface area (Å²) in [5, 5.41) is 3.99. The highest BCUT2D eigenvalue weighted by atomic mass is 19.2. The van der Waals surface area contributed by atoms with Crippen molar-refractivity contribution in [3.63, 3.8) is 0 Å². The zero-order valence-corrected chi connectivity index (χ0v) is 13.5. The van der Waals surface area contributed by atoms with Crippen molar-refractivity contribution in [1.29, 1.82) is 0 Å². The molecule has 1 aliphatic rings. The summed E-state index contributed by atoms with van der Waals surface area (Å²) < 4.78 is 32.6. The Labute approximate surface area is 134 Å². The van der Waals surface area contributed by atoms with E-state index in [9.17, 15) is 8.78 Å². The minimum absolute atomic E-state index is 0.351. The number of aromatic nitrogens is 1. The number of nitrogens with zero attached hydrogens (tertiary/aromatic N) is 3. The van der Waals surface area contributed by atoms with Crippen LogP contribution in [0.5, 0.6) is 0 Å². The molecule has 2 heterocycles. The van der Waals surface area contributed by atoms with Gasteiger partial charge in [0.15, 0.2) is 11.6 Å². The maximum Gasteiger partial charge on any atom is 0.182 e. The predicted octanol–water partition coefficient (Wildman–Crippen LogP) is 3.28. The lowest BCUT2D eigenvalue weighted by Gasteiger charge is -2.24. The summed E-state index contributed by atoms with van der Waals surface area (Å²) in [6.45, 7) is 7.74. The van der Waals surface area contributed by atoms with Gasteiger partial charge in [-0.15, -0.1) is 0 Å². The van der Waals surface area contributed by atoms with Crippen molar-refractivity contribution < 1.29 is 13.3 Å². The Balaban J connectivity index is 1.69. The second kappa shape index (κ2) is 6.66. The van der Waals surface area contributed by atoms with E-state index in [1.54, 1.807) is 12.1 Å². The highest BCUT2D eigenvalue weighted by Gasteiger charge is 2.21. The minimum Gasteiger partial charge on any atom is -0.368 e. The summed E-state index contributed by atoms with van der Waals surface area (Å²) in [7, 11) is 0. The SMILES string of the molecule is Cc1noc(C)c1CN1CCCN(c2cccc(F)c2F)CC1. The topological polar surface area (TPSA) is 32.5 Å². The van der Waals surface area contributed by atoms with Crippen LogP contribution in [0, 0.1) is 25.5 Å². The van der Waals surface area contributed by atoms with Crippen molar-refractivity contribution in [2.45, 2.75) is 26.8 Å². The Hall–Kier alpha value is -1.95. The molecule has 0 bridgehead atoms. The molecule has 0 atom stereocenters. The molecule has 0 saturated carbocycles. The molecular formula is C17H21F2N3O. The lowest BCUT2D eigenvalue weighted by atomic mass is 10.2. The van der Waals surface area contributed by atoms with Gasteiger partial charge >= 0.3 is 0 Å². The van der Waals surface area contributed by atoms with Crippen LogP contribution in [-0.4, -0.2) is 36.2 Å². The van der Waals surface area contributed by atoms with Crippen LogP contribution in [0.15, 0.2) is 22.7 Å². The maximum absolute atomic E-state index is 14.0. The Bertz CT molecular complexity index is 667. The number of halogens is 2. The van der Waals surface area contributed by atoms with E-state index >= 15 is 0 Å². The van der Waals surface area contributed by atoms with E-state index in [0.717, 1.165) is 55.7 Å².